The third-order valence-corrected chi connectivity index (χ3v) is 4.85. The second-order valence-electron chi connectivity index (χ2n) is 6.01. The number of amides is 2. The number of anilines is 1. The summed E-state index contributed by atoms with van der Waals surface area (Å²) < 4.78 is 0. The van der Waals surface area contributed by atoms with Gasteiger partial charge in [0.05, 0.1) is 6.04 Å². The van der Waals surface area contributed by atoms with Crippen LogP contribution in [0.25, 0.3) is 0 Å². The predicted molar refractivity (Wildman–Crippen MR) is 89.3 cm³/mol. The molecule has 0 saturated carbocycles. The van der Waals surface area contributed by atoms with E-state index in [0.717, 1.165) is 18.4 Å². The Morgan fingerprint density at radius 3 is 2.64 bits per heavy atom. The number of likely N-dealkylation sites (tertiary alicyclic amines) is 1. The third kappa shape index (κ3) is 3.06. The van der Waals surface area contributed by atoms with Crippen LogP contribution in [0.2, 0.25) is 0 Å². The van der Waals surface area contributed by atoms with Gasteiger partial charge in [-0.3, -0.25) is 9.59 Å². The van der Waals surface area contributed by atoms with Gasteiger partial charge in [0, 0.05) is 17.1 Å². The van der Waals surface area contributed by atoms with Gasteiger partial charge >= 0.3 is 11.8 Å². The van der Waals surface area contributed by atoms with Crippen LogP contribution in [0.3, 0.4) is 0 Å². The van der Waals surface area contributed by atoms with Crippen molar-refractivity contribution in [3.8, 4) is 0 Å². The fourth-order valence-corrected chi connectivity index (χ4v) is 3.55. The number of nitrogen functional groups attached to an aromatic ring is 1. The SMILES string of the molecule is CCC[C@H]1[C@H](C)CN(C(=O)C(N)=O)[C@H]1c1ccc(S)c(N)c1. The minimum absolute atomic E-state index is 0.161. The van der Waals surface area contributed by atoms with Crippen molar-refractivity contribution in [1.29, 1.82) is 0 Å². The molecule has 0 aliphatic carbocycles. The van der Waals surface area contributed by atoms with E-state index in [1.165, 1.54) is 0 Å². The average molecular weight is 321 g/mol. The van der Waals surface area contributed by atoms with Crippen LogP contribution in [0.15, 0.2) is 23.1 Å². The molecule has 2 amide bonds. The Morgan fingerprint density at radius 1 is 1.41 bits per heavy atom. The highest BCUT2D eigenvalue weighted by atomic mass is 32.1. The fourth-order valence-electron chi connectivity index (χ4n) is 3.41. The van der Waals surface area contributed by atoms with Crippen LogP contribution < -0.4 is 11.5 Å². The number of hydrogen-bond donors (Lipinski definition) is 3. The Labute approximate surface area is 136 Å². The van der Waals surface area contributed by atoms with Crippen molar-refractivity contribution in [3.63, 3.8) is 0 Å². The van der Waals surface area contributed by atoms with E-state index in [2.05, 4.69) is 26.5 Å². The summed E-state index contributed by atoms with van der Waals surface area (Å²) in [5, 5.41) is 0. The molecule has 0 unspecified atom stereocenters. The van der Waals surface area contributed by atoms with Crippen LogP contribution >= 0.6 is 12.6 Å². The van der Waals surface area contributed by atoms with Gasteiger partial charge in [-0.15, -0.1) is 12.6 Å². The van der Waals surface area contributed by atoms with Crippen LogP contribution in [0.1, 0.15) is 38.3 Å². The molecule has 3 atom stereocenters. The summed E-state index contributed by atoms with van der Waals surface area (Å²) >= 11 is 4.29. The standard InChI is InChI=1S/C16H23N3O2S/c1-3-4-11-9(2)8-19(16(21)15(18)20)14(11)10-5-6-13(22)12(17)7-10/h5-7,9,11,14,22H,3-4,8,17H2,1-2H3,(H2,18,20)/t9-,11+,14+/m1/s1. The predicted octanol–water partition coefficient (Wildman–Crippen LogP) is 1.98. The van der Waals surface area contributed by atoms with Crippen molar-refractivity contribution in [2.24, 2.45) is 17.6 Å². The first kappa shape index (κ1) is 16.7. The smallest absolute Gasteiger partial charge is 0.312 e. The topological polar surface area (TPSA) is 89.4 Å². The zero-order chi connectivity index (χ0) is 16.4. The number of thiol groups is 1. The molecule has 1 heterocycles. The lowest BCUT2D eigenvalue weighted by Crippen LogP contribution is -2.40. The van der Waals surface area contributed by atoms with Gasteiger partial charge in [-0.25, -0.2) is 0 Å². The lowest BCUT2D eigenvalue weighted by Gasteiger charge is -2.28. The molecule has 1 saturated heterocycles. The number of rotatable bonds is 3. The van der Waals surface area contributed by atoms with E-state index in [1.54, 1.807) is 4.90 Å². The number of nitrogens with zero attached hydrogens (tertiary/aromatic N) is 1. The molecule has 6 heteroatoms. The Bertz CT molecular complexity index is 591. The van der Waals surface area contributed by atoms with Gasteiger partial charge in [0.15, 0.2) is 0 Å². The van der Waals surface area contributed by atoms with Gasteiger partial charge in [-0.2, -0.15) is 0 Å². The minimum atomic E-state index is -0.909. The Kier molecular flexibility index (Phi) is 5.01. The van der Waals surface area contributed by atoms with Crippen LogP contribution in [-0.2, 0) is 9.59 Å². The maximum Gasteiger partial charge on any atom is 0.312 e. The van der Waals surface area contributed by atoms with E-state index in [-0.39, 0.29) is 6.04 Å². The van der Waals surface area contributed by atoms with Gasteiger partial charge in [-0.1, -0.05) is 26.3 Å². The second kappa shape index (κ2) is 6.60. The first-order valence-corrected chi connectivity index (χ1v) is 8.00. The number of benzene rings is 1. The van der Waals surface area contributed by atoms with Crippen LogP contribution in [0, 0.1) is 11.8 Å². The van der Waals surface area contributed by atoms with Gasteiger partial charge in [0.25, 0.3) is 0 Å². The molecule has 5 nitrogen and oxygen atoms in total. The van der Waals surface area contributed by atoms with Gasteiger partial charge in [0.2, 0.25) is 0 Å². The average Bonchev–Trinajstić information content (AvgIpc) is 2.79. The number of carbonyl (C=O) groups excluding carboxylic acids is 2. The van der Waals surface area contributed by atoms with Crippen molar-refractivity contribution in [2.75, 3.05) is 12.3 Å². The summed E-state index contributed by atoms with van der Waals surface area (Å²) in [5.41, 5.74) is 12.7. The maximum atomic E-state index is 12.2. The maximum absolute atomic E-state index is 12.2. The summed E-state index contributed by atoms with van der Waals surface area (Å²) in [6, 6.07) is 5.43. The third-order valence-electron chi connectivity index (χ3n) is 4.44. The highest BCUT2D eigenvalue weighted by Crippen LogP contribution is 2.43. The zero-order valence-corrected chi connectivity index (χ0v) is 13.8. The van der Waals surface area contributed by atoms with E-state index >= 15 is 0 Å². The van der Waals surface area contributed by atoms with Crippen molar-refractivity contribution in [1.82, 2.24) is 4.90 Å². The molecule has 0 radical (unpaired) electrons. The molecule has 22 heavy (non-hydrogen) atoms. The van der Waals surface area contributed by atoms with E-state index in [9.17, 15) is 9.59 Å². The minimum Gasteiger partial charge on any atom is -0.398 e. The molecule has 0 aromatic heterocycles. The van der Waals surface area contributed by atoms with Gasteiger partial charge in [-0.05, 0) is 36.0 Å². The molecule has 1 aliphatic rings. The Hall–Kier alpha value is -1.69. The van der Waals surface area contributed by atoms with E-state index < -0.39 is 11.8 Å². The Balaban J connectivity index is 2.44. The van der Waals surface area contributed by atoms with Crippen molar-refractivity contribution >= 4 is 30.1 Å². The molecular weight excluding hydrogens is 298 g/mol. The molecular formula is C16H23N3O2S. The van der Waals surface area contributed by atoms with Crippen molar-refractivity contribution in [3.05, 3.63) is 23.8 Å². The molecule has 1 fully saturated rings. The lowest BCUT2D eigenvalue weighted by molar-refractivity contribution is -0.145. The number of nitrogens with two attached hydrogens (primary N) is 2. The van der Waals surface area contributed by atoms with E-state index in [0.29, 0.717) is 29.0 Å². The summed E-state index contributed by atoms with van der Waals surface area (Å²) in [5.74, 6) is -0.930. The highest BCUT2D eigenvalue weighted by molar-refractivity contribution is 7.80. The number of primary amides is 1. The number of carbonyl (C=O) groups is 2. The lowest BCUT2D eigenvalue weighted by atomic mass is 9.84. The molecule has 2 rings (SSSR count). The molecule has 4 N–H and O–H groups in total. The number of hydrogen-bond acceptors (Lipinski definition) is 4. The molecule has 120 valence electrons. The van der Waals surface area contributed by atoms with Crippen molar-refractivity contribution < 1.29 is 9.59 Å². The largest absolute Gasteiger partial charge is 0.398 e. The quantitative estimate of drug-likeness (QED) is 0.452. The summed E-state index contributed by atoms with van der Waals surface area (Å²) in [6.07, 6.45) is 2.00. The highest BCUT2D eigenvalue weighted by Gasteiger charge is 2.43. The van der Waals surface area contributed by atoms with Crippen LogP contribution in [-0.4, -0.2) is 23.3 Å². The second-order valence-corrected chi connectivity index (χ2v) is 6.50. The zero-order valence-electron chi connectivity index (χ0n) is 13.0. The summed E-state index contributed by atoms with van der Waals surface area (Å²) in [7, 11) is 0. The fraction of sp³-hybridized carbons (Fsp3) is 0.500. The molecule has 0 bridgehead atoms. The first-order chi connectivity index (χ1) is 10.4. The summed E-state index contributed by atoms with van der Waals surface area (Å²) in [4.78, 5) is 25.8. The normalized spacial score (nSPS) is 24.5. The molecule has 1 aromatic rings. The molecule has 1 aliphatic heterocycles. The Morgan fingerprint density at radius 2 is 2.09 bits per heavy atom. The van der Waals surface area contributed by atoms with Crippen LogP contribution in [0.4, 0.5) is 5.69 Å². The van der Waals surface area contributed by atoms with E-state index in [4.69, 9.17) is 11.5 Å². The summed E-state index contributed by atoms with van der Waals surface area (Å²) in [6.45, 7) is 4.77. The van der Waals surface area contributed by atoms with Crippen LogP contribution in [0.5, 0.6) is 0 Å². The first-order valence-electron chi connectivity index (χ1n) is 7.55. The monoisotopic (exact) mass is 321 g/mol. The molecule has 0 spiro atoms. The van der Waals surface area contributed by atoms with Gasteiger partial charge in [0.1, 0.15) is 0 Å². The van der Waals surface area contributed by atoms with Gasteiger partial charge < -0.3 is 16.4 Å². The van der Waals surface area contributed by atoms with E-state index in [1.807, 2.05) is 18.2 Å². The van der Waals surface area contributed by atoms with Crippen molar-refractivity contribution in [2.45, 2.75) is 37.6 Å². The molecule has 1 aromatic carbocycles.